The fourth-order valence-corrected chi connectivity index (χ4v) is 4.51. The second-order valence-electron chi connectivity index (χ2n) is 9.87. The first-order chi connectivity index (χ1) is 18.8. The second-order valence-corrected chi connectivity index (χ2v) is 9.87. The molecule has 2 aromatic carbocycles. The number of nitrogens with zero attached hydrogens (tertiary/aromatic N) is 3. The molecular weight excluding hydrogens is 505 g/mol. The highest BCUT2D eigenvalue weighted by atomic mass is 19.1. The molecule has 3 aromatic rings. The molecule has 1 aromatic heterocycles. The average Bonchev–Trinajstić information content (AvgIpc) is 3.21. The Kier molecular flexibility index (Phi) is 9.48. The lowest BCUT2D eigenvalue weighted by Crippen LogP contribution is -2.49. The van der Waals surface area contributed by atoms with Gasteiger partial charge < -0.3 is 29.4 Å². The molecule has 0 spiro atoms. The van der Waals surface area contributed by atoms with Crippen LogP contribution in [0.2, 0.25) is 0 Å². The first kappa shape index (κ1) is 28.4. The summed E-state index contributed by atoms with van der Waals surface area (Å²) < 4.78 is 33.0. The summed E-state index contributed by atoms with van der Waals surface area (Å²) in [6, 6.07) is 11.2. The summed E-state index contributed by atoms with van der Waals surface area (Å²) in [5.74, 6) is -1.35. The van der Waals surface area contributed by atoms with E-state index in [0.717, 1.165) is 5.56 Å². The van der Waals surface area contributed by atoms with Gasteiger partial charge in [-0.1, -0.05) is 18.2 Å². The maximum Gasteiger partial charge on any atom is 0.419 e. The molecule has 0 radical (unpaired) electrons. The predicted molar refractivity (Wildman–Crippen MR) is 144 cm³/mol. The molecule has 0 unspecified atom stereocenters. The van der Waals surface area contributed by atoms with Crippen LogP contribution in [0.4, 0.5) is 4.39 Å². The SMILES string of the molecule is CO[C@H]1CCO[C@H](C(=O)N[C@H](C#N)Cc2ccc(-c3ccc4oc(=O)n(CCN(C)C)c4c3)cc2F)CNC1. The Balaban J connectivity index is 1.44. The van der Waals surface area contributed by atoms with Crippen molar-refractivity contribution in [2.75, 3.05) is 47.4 Å². The van der Waals surface area contributed by atoms with Gasteiger partial charge in [0.2, 0.25) is 0 Å². The van der Waals surface area contributed by atoms with Crippen molar-refractivity contribution >= 4 is 17.0 Å². The van der Waals surface area contributed by atoms with Crippen LogP contribution in [-0.4, -0.2) is 81.1 Å². The van der Waals surface area contributed by atoms with Gasteiger partial charge in [0, 0.05) is 39.7 Å². The van der Waals surface area contributed by atoms with Gasteiger partial charge in [-0.25, -0.2) is 9.18 Å². The van der Waals surface area contributed by atoms with Crippen LogP contribution in [0.5, 0.6) is 0 Å². The highest BCUT2D eigenvalue weighted by Gasteiger charge is 2.25. The number of hydrogen-bond acceptors (Lipinski definition) is 8. The molecule has 208 valence electrons. The topological polar surface area (TPSA) is 122 Å². The molecule has 1 amide bonds. The van der Waals surface area contributed by atoms with Crippen LogP contribution >= 0.6 is 0 Å². The Morgan fingerprint density at radius 1 is 1.28 bits per heavy atom. The van der Waals surface area contributed by atoms with Gasteiger partial charge in [-0.15, -0.1) is 0 Å². The Labute approximate surface area is 226 Å². The number of carbonyl (C=O) groups excluding carboxylic acids is 1. The fraction of sp³-hybridized carbons (Fsp3) is 0.464. The Morgan fingerprint density at radius 2 is 2.05 bits per heavy atom. The van der Waals surface area contributed by atoms with Crippen molar-refractivity contribution in [2.45, 2.75) is 37.6 Å². The summed E-state index contributed by atoms with van der Waals surface area (Å²) in [7, 11) is 5.48. The maximum atomic E-state index is 15.2. The lowest BCUT2D eigenvalue weighted by Gasteiger charge is -2.25. The van der Waals surface area contributed by atoms with Crippen LogP contribution < -0.4 is 16.4 Å². The van der Waals surface area contributed by atoms with Gasteiger partial charge in [-0.05, 0) is 55.4 Å². The molecule has 0 bridgehead atoms. The molecule has 2 heterocycles. The highest BCUT2D eigenvalue weighted by molar-refractivity contribution is 5.82. The van der Waals surface area contributed by atoms with Crippen molar-refractivity contribution in [2.24, 2.45) is 0 Å². The summed E-state index contributed by atoms with van der Waals surface area (Å²) in [6.45, 7) is 2.38. The van der Waals surface area contributed by atoms with Crippen molar-refractivity contribution in [1.82, 2.24) is 20.1 Å². The van der Waals surface area contributed by atoms with Gasteiger partial charge in [-0.2, -0.15) is 5.26 Å². The molecule has 0 aliphatic carbocycles. The molecule has 1 saturated heterocycles. The van der Waals surface area contributed by atoms with E-state index >= 15 is 4.39 Å². The van der Waals surface area contributed by atoms with E-state index in [4.69, 9.17) is 13.9 Å². The summed E-state index contributed by atoms with van der Waals surface area (Å²) in [5, 5.41) is 15.4. The number of halogens is 1. The van der Waals surface area contributed by atoms with Crippen molar-refractivity contribution in [3.63, 3.8) is 0 Å². The lowest BCUT2D eigenvalue weighted by atomic mass is 10.00. The van der Waals surface area contributed by atoms with Gasteiger partial charge in [0.05, 0.1) is 24.3 Å². The molecule has 4 rings (SSSR count). The van der Waals surface area contributed by atoms with Crippen LogP contribution in [0, 0.1) is 17.1 Å². The van der Waals surface area contributed by atoms with E-state index < -0.39 is 29.6 Å². The number of hydrogen-bond donors (Lipinski definition) is 2. The quantitative estimate of drug-likeness (QED) is 0.423. The first-order valence-electron chi connectivity index (χ1n) is 12.9. The van der Waals surface area contributed by atoms with Gasteiger partial charge >= 0.3 is 5.76 Å². The van der Waals surface area contributed by atoms with Crippen LogP contribution in [0.25, 0.3) is 22.2 Å². The predicted octanol–water partition coefficient (Wildman–Crippen LogP) is 1.91. The van der Waals surface area contributed by atoms with Crippen molar-refractivity contribution < 1.29 is 23.1 Å². The van der Waals surface area contributed by atoms with E-state index in [9.17, 15) is 14.9 Å². The number of ether oxygens (including phenoxy) is 2. The lowest BCUT2D eigenvalue weighted by molar-refractivity contribution is -0.134. The molecule has 1 aliphatic rings. The molecule has 2 N–H and O–H groups in total. The largest absolute Gasteiger partial charge is 0.419 e. The number of fused-ring (bicyclic) bond motifs is 1. The van der Waals surface area contributed by atoms with Gasteiger partial charge in [0.25, 0.3) is 5.91 Å². The van der Waals surface area contributed by atoms with Crippen LogP contribution in [0.3, 0.4) is 0 Å². The van der Waals surface area contributed by atoms with Crippen LogP contribution in [0.1, 0.15) is 12.0 Å². The van der Waals surface area contributed by atoms with Crippen LogP contribution in [-0.2, 0) is 27.2 Å². The third-order valence-corrected chi connectivity index (χ3v) is 6.81. The molecule has 0 saturated carbocycles. The number of nitrogens with one attached hydrogen (secondary N) is 2. The Hall–Kier alpha value is -3.56. The summed E-state index contributed by atoms with van der Waals surface area (Å²) in [5.41, 5.74) is 2.75. The number of aromatic nitrogens is 1. The first-order valence-corrected chi connectivity index (χ1v) is 12.9. The normalized spacial score (nSPS) is 18.9. The third-order valence-electron chi connectivity index (χ3n) is 6.81. The monoisotopic (exact) mass is 539 g/mol. The number of amides is 1. The summed E-state index contributed by atoms with van der Waals surface area (Å²) >= 11 is 0. The second kappa shape index (κ2) is 13.0. The number of carbonyl (C=O) groups is 1. The molecule has 39 heavy (non-hydrogen) atoms. The van der Waals surface area contributed by atoms with Crippen molar-refractivity contribution in [3.05, 3.63) is 58.3 Å². The number of methoxy groups -OCH3 is 1. The number of rotatable bonds is 9. The number of oxazole rings is 1. The van der Waals surface area contributed by atoms with E-state index in [2.05, 4.69) is 10.6 Å². The van der Waals surface area contributed by atoms with Gasteiger partial charge in [0.15, 0.2) is 5.58 Å². The van der Waals surface area contributed by atoms with E-state index in [1.807, 2.05) is 25.1 Å². The molecular formula is C28H34FN5O5. The zero-order valence-corrected chi connectivity index (χ0v) is 22.4. The van der Waals surface area contributed by atoms with E-state index in [-0.39, 0.29) is 19.1 Å². The number of benzene rings is 2. The maximum absolute atomic E-state index is 15.2. The summed E-state index contributed by atoms with van der Waals surface area (Å²) in [4.78, 5) is 27.0. The highest BCUT2D eigenvalue weighted by Crippen LogP contribution is 2.26. The Bertz CT molecular complexity index is 1390. The minimum Gasteiger partial charge on any atom is -0.408 e. The molecule has 1 aliphatic heterocycles. The van der Waals surface area contributed by atoms with Crippen LogP contribution in [0.15, 0.2) is 45.6 Å². The standard InChI is InChI=1S/C28H34FN5O5/c1-33(2)9-10-34-24-14-19(6-7-25(24)39-28(34)36)18-4-5-20(23(29)13-18)12-21(15-30)32-27(35)26-17-31-16-22(37-3)8-11-38-26/h4-7,13-14,21-22,26,31H,8-12,16-17H2,1-3H3,(H,32,35)/t21-,22-,26-/m0/s1. The van der Waals surface area contributed by atoms with E-state index in [0.29, 0.717) is 54.9 Å². The zero-order valence-electron chi connectivity index (χ0n) is 22.4. The number of nitriles is 1. The molecule has 11 heteroatoms. The Morgan fingerprint density at radius 3 is 2.77 bits per heavy atom. The molecule has 3 atom stereocenters. The molecule has 1 fully saturated rings. The smallest absolute Gasteiger partial charge is 0.408 e. The number of likely N-dealkylation sites (N-methyl/N-ethyl adjacent to an activating group) is 1. The average molecular weight is 540 g/mol. The van der Waals surface area contributed by atoms with Crippen molar-refractivity contribution in [1.29, 1.82) is 5.26 Å². The fourth-order valence-electron chi connectivity index (χ4n) is 4.51. The van der Waals surface area contributed by atoms with Crippen molar-refractivity contribution in [3.8, 4) is 17.2 Å². The van der Waals surface area contributed by atoms with E-state index in [1.54, 1.807) is 42.0 Å². The third kappa shape index (κ3) is 7.10. The summed E-state index contributed by atoms with van der Waals surface area (Å²) in [6.07, 6.45) is -0.0838. The molecule has 10 nitrogen and oxygen atoms in total. The minimum absolute atomic E-state index is 0.00505. The van der Waals surface area contributed by atoms with Gasteiger partial charge in [-0.3, -0.25) is 9.36 Å². The minimum atomic E-state index is -0.924. The van der Waals surface area contributed by atoms with E-state index in [1.165, 1.54) is 6.07 Å². The zero-order chi connectivity index (χ0) is 27.9. The van der Waals surface area contributed by atoms with Gasteiger partial charge in [0.1, 0.15) is 18.0 Å².